The number of hydrogen-bond donors (Lipinski definition) is 1. The van der Waals surface area contributed by atoms with E-state index >= 15 is 0 Å². The zero-order valence-electron chi connectivity index (χ0n) is 10.9. The summed E-state index contributed by atoms with van der Waals surface area (Å²) in [5.74, 6) is 0.595. The fourth-order valence-electron chi connectivity index (χ4n) is 1.96. The minimum absolute atomic E-state index is 0.115. The number of aliphatic hydroxyl groups excluding tert-OH is 1. The topological polar surface area (TPSA) is 37.3 Å². The van der Waals surface area contributed by atoms with Crippen molar-refractivity contribution in [2.24, 2.45) is 0 Å². The number of ketones is 1. The second kappa shape index (κ2) is 6.22. The van der Waals surface area contributed by atoms with E-state index in [2.05, 4.69) is 0 Å². The molecule has 1 aromatic carbocycles. The molecule has 0 bridgehead atoms. The first kappa shape index (κ1) is 14.3. The smallest absolute Gasteiger partial charge is 0.173 e. The van der Waals surface area contributed by atoms with Gasteiger partial charge in [-0.1, -0.05) is 24.6 Å². The SMILES string of the molecule is Cc1cc(C)c(C(=O)CSC(C)CO)c(C)c1. The highest BCUT2D eigenvalue weighted by molar-refractivity contribution is 8.00. The van der Waals surface area contributed by atoms with Crippen molar-refractivity contribution in [1.29, 1.82) is 0 Å². The molecule has 1 N–H and O–H groups in total. The van der Waals surface area contributed by atoms with E-state index in [0.29, 0.717) is 5.75 Å². The monoisotopic (exact) mass is 252 g/mol. The van der Waals surface area contributed by atoms with Crippen LogP contribution < -0.4 is 0 Å². The number of aryl methyl sites for hydroxylation is 3. The summed E-state index contributed by atoms with van der Waals surface area (Å²) in [6.45, 7) is 8.04. The first-order chi connectivity index (χ1) is 7.95. The highest BCUT2D eigenvalue weighted by Crippen LogP contribution is 2.20. The molecule has 0 aliphatic carbocycles. The van der Waals surface area contributed by atoms with E-state index in [4.69, 9.17) is 5.11 Å². The number of Topliss-reactive ketones (excluding diaryl/α,β-unsaturated/α-hetero) is 1. The number of aliphatic hydroxyl groups is 1. The number of thioether (sulfide) groups is 1. The molecular weight excluding hydrogens is 232 g/mol. The number of benzene rings is 1. The van der Waals surface area contributed by atoms with Gasteiger partial charge in [0.25, 0.3) is 0 Å². The fraction of sp³-hybridized carbons (Fsp3) is 0.500. The number of hydrogen-bond acceptors (Lipinski definition) is 3. The quantitative estimate of drug-likeness (QED) is 0.819. The van der Waals surface area contributed by atoms with Gasteiger partial charge in [-0.05, 0) is 31.9 Å². The minimum atomic E-state index is 0.115. The van der Waals surface area contributed by atoms with Crippen molar-refractivity contribution >= 4 is 17.5 Å². The molecule has 1 rings (SSSR count). The summed E-state index contributed by atoms with van der Waals surface area (Å²) in [6, 6.07) is 4.08. The van der Waals surface area contributed by atoms with Crippen molar-refractivity contribution in [2.45, 2.75) is 32.9 Å². The lowest BCUT2D eigenvalue weighted by Crippen LogP contribution is -2.12. The van der Waals surface area contributed by atoms with Gasteiger partial charge in [0.15, 0.2) is 5.78 Å². The number of carbonyl (C=O) groups excluding carboxylic acids is 1. The molecule has 94 valence electrons. The van der Waals surface area contributed by atoms with Gasteiger partial charge in [0, 0.05) is 10.8 Å². The molecule has 1 atom stereocenters. The summed E-state index contributed by atoms with van der Waals surface area (Å²) < 4.78 is 0. The highest BCUT2D eigenvalue weighted by Gasteiger charge is 2.14. The zero-order valence-corrected chi connectivity index (χ0v) is 11.7. The van der Waals surface area contributed by atoms with Crippen LogP contribution >= 0.6 is 11.8 Å². The number of rotatable bonds is 5. The van der Waals surface area contributed by atoms with Crippen LogP contribution in [0.2, 0.25) is 0 Å². The third-order valence-electron chi connectivity index (χ3n) is 2.71. The molecule has 0 amide bonds. The average Bonchev–Trinajstić information content (AvgIpc) is 2.24. The molecule has 0 spiro atoms. The van der Waals surface area contributed by atoms with Gasteiger partial charge in [-0.25, -0.2) is 0 Å². The molecule has 1 unspecified atom stereocenters. The van der Waals surface area contributed by atoms with Crippen LogP contribution in [0.25, 0.3) is 0 Å². The molecule has 0 aromatic heterocycles. The maximum Gasteiger partial charge on any atom is 0.173 e. The maximum absolute atomic E-state index is 12.1. The van der Waals surface area contributed by atoms with Crippen molar-refractivity contribution in [1.82, 2.24) is 0 Å². The fourth-order valence-corrected chi connectivity index (χ4v) is 2.65. The Hall–Kier alpha value is -0.800. The average molecular weight is 252 g/mol. The molecule has 0 aliphatic heterocycles. The summed E-state index contributed by atoms with van der Waals surface area (Å²) in [5.41, 5.74) is 4.12. The summed E-state index contributed by atoms with van der Waals surface area (Å²) in [4.78, 5) is 12.1. The van der Waals surface area contributed by atoms with Gasteiger partial charge < -0.3 is 5.11 Å². The molecule has 0 fully saturated rings. The van der Waals surface area contributed by atoms with Gasteiger partial charge in [-0.15, -0.1) is 11.8 Å². The van der Waals surface area contributed by atoms with Crippen LogP contribution in [-0.4, -0.2) is 28.5 Å². The van der Waals surface area contributed by atoms with E-state index in [0.717, 1.165) is 16.7 Å². The summed E-state index contributed by atoms with van der Waals surface area (Å²) in [6.07, 6.45) is 0. The van der Waals surface area contributed by atoms with Crippen molar-refractivity contribution < 1.29 is 9.90 Å². The summed E-state index contributed by atoms with van der Waals surface area (Å²) >= 11 is 1.50. The van der Waals surface area contributed by atoms with Crippen molar-refractivity contribution in [2.75, 3.05) is 12.4 Å². The second-order valence-corrected chi connectivity index (χ2v) is 5.93. The molecule has 3 heteroatoms. The summed E-state index contributed by atoms with van der Waals surface area (Å²) in [5, 5.41) is 9.05. The van der Waals surface area contributed by atoms with E-state index in [9.17, 15) is 4.79 Å². The Labute approximate surface area is 107 Å². The maximum atomic E-state index is 12.1. The van der Waals surface area contributed by atoms with E-state index in [1.165, 1.54) is 17.3 Å². The predicted molar refractivity (Wildman–Crippen MR) is 74.0 cm³/mol. The lowest BCUT2D eigenvalue weighted by Gasteiger charge is -2.11. The van der Waals surface area contributed by atoms with E-state index in [1.807, 2.05) is 39.8 Å². The molecular formula is C14H20O2S. The zero-order chi connectivity index (χ0) is 13.0. The molecule has 0 saturated carbocycles. The Kier molecular flexibility index (Phi) is 5.22. The van der Waals surface area contributed by atoms with Crippen LogP contribution in [0, 0.1) is 20.8 Å². The van der Waals surface area contributed by atoms with Crippen LogP contribution in [0.1, 0.15) is 34.0 Å². The predicted octanol–water partition coefficient (Wildman–Crippen LogP) is 2.91. The van der Waals surface area contributed by atoms with Crippen LogP contribution in [0.5, 0.6) is 0 Å². The van der Waals surface area contributed by atoms with Crippen molar-refractivity contribution in [3.63, 3.8) is 0 Å². The molecule has 0 radical (unpaired) electrons. The molecule has 0 heterocycles. The van der Waals surface area contributed by atoms with Crippen molar-refractivity contribution in [3.05, 3.63) is 34.4 Å². The third kappa shape index (κ3) is 3.86. The number of carbonyl (C=O) groups is 1. The standard InChI is InChI=1S/C14H20O2S/c1-9-5-10(2)14(11(3)6-9)13(16)8-17-12(4)7-15/h5-6,12,15H,7-8H2,1-4H3. The summed E-state index contributed by atoms with van der Waals surface area (Å²) in [7, 11) is 0. The van der Waals surface area contributed by atoms with E-state index < -0.39 is 0 Å². The van der Waals surface area contributed by atoms with Gasteiger partial charge in [-0.2, -0.15) is 0 Å². The first-order valence-corrected chi connectivity index (χ1v) is 6.84. The Morgan fingerprint density at radius 1 is 1.29 bits per heavy atom. The van der Waals surface area contributed by atoms with E-state index in [1.54, 1.807) is 0 Å². The molecule has 2 nitrogen and oxygen atoms in total. The first-order valence-electron chi connectivity index (χ1n) is 5.79. The van der Waals surface area contributed by atoms with E-state index in [-0.39, 0.29) is 17.6 Å². The molecule has 1 aromatic rings. The third-order valence-corrected chi connectivity index (χ3v) is 3.86. The van der Waals surface area contributed by atoms with Gasteiger partial charge >= 0.3 is 0 Å². The normalized spacial score (nSPS) is 12.5. The van der Waals surface area contributed by atoms with Gasteiger partial charge in [0.1, 0.15) is 0 Å². The van der Waals surface area contributed by atoms with Crippen LogP contribution in [0.15, 0.2) is 12.1 Å². The largest absolute Gasteiger partial charge is 0.395 e. The van der Waals surface area contributed by atoms with Crippen molar-refractivity contribution in [3.8, 4) is 0 Å². The Bertz CT molecular complexity index is 390. The van der Waals surface area contributed by atoms with Crippen LogP contribution in [0.4, 0.5) is 0 Å². The Balaban J connectivity index is 2.82. The Morgan fingerprint density at radius 3 is 2.29 bits per heavy atom. The molecule has 0 saturated heterocycles. The lowest BCUT2D eigenvalue weighted by molar-refractivity contribution is 0.102. The molecule has 17 heavy (non-hydrogen) atoms. The van der Waals surface area contributed by atoms with Gasteiger partial charge in [-0.3, -0.25) is 4.79 Å². The lowest BCUT2D eigenvalue weighted by atomic mass is 9.97. The Morgan fingerprint density at radius 2 is 1.82 bits per heavy atom. The highest BCUT2D eigenvalue weighted by atomic mass is 32.2. The van der Waals surface area contributed by atoms with Gasteiger partial charge in [0.05, 0.1) is 12.4 Å². The van der Waals surface area contributed by atoms with Gasteiger partial charge in [0.2, 0.25) is 0 Å². The van der Waals surface area contributed by atoms with Crippen LogP contribution in [-0.2, 0) is 0 Å². The molecule has 0 aliphatic rings. The van der Waals surface area contributed by atoms with Crippen LogP contribution in [0.3, 0.4) is 0 Å². The minimum Gasteiger partial charge on any atom is -0.395 e. The second-order valence-electron chi connectivity index (χ2n) is 4.50.